The summed E-state index contributed by atoms with van der Waals surface area (Å²) in [6, 6.07) is 0. The van der Waals surface area contributed by atoms with E-state index in [0.717, 1.165) is 57.8 Å². The zero-order chi connectivity index (χ0) is 28.6. The Morgan fingerprint density at radius 1 is 0.605 bits per heavy atom. The molecule has 0 aromatic carbocycles. The molecule has 7 nitrogen and oxygen atoms in total. The van der Waals surface area contributed by atoms with E-state index >= 15 is 0 Å². The van der Waals surface area contributed by atoms with E-state index in [-0.39, 0.29) is 23.0 Å². The highest BCUT2D eigenvalue weighted by molar-refractivity contribution is 6.33. The third-order valence-corrected chi connectivity index (χ3v) is 13.3. The summed E-state index contributed by atoms with van der Waals surface area (Å²) in [5, 5.41) is -0.730. The van der Waals surface area contributed by atoms with Crippen molar-refractivity contribution in [2.45, 2.75) is 166 Å². The van der Waals surface area contributed by atoms with Crippen molar-refractivity contribution >= 4 is 21.7 Å². The van der Waals surface area contributed by atoms with Gasteiger partial charge in [-0.25, -0.2) is 0 Å². The lowest BCUT2D eigenvalue weighted by molar-refractivity contribution is -0.278. The Morgan fingerprint density at radius 2 is 1.05 bits per heavy atom. The number of ether oxygens (including phenoxy) is 2. The third kappa shape index (κ3) is 5.89. The van der Waals surface area contributed by atoms with E-state index in [0.29, 0.717) is 19.3 Å². The molecule has 0 bridgehead atoms. The molecule has 0 aromatic rings. The third-order valence-electron chi connectivity index (χ3n) is 10.9. The molecule has 2 unspecified atom stereocenters. The smallest absolute Gasteiger partial charge is 0.308 e. The van der Waals surface area contributed by atoms with Crippen molar-refractivity contribution in [2.24, 2.45) is 0 Å². The number of hydrogen-bond donors (Lipinski definition) is 0. The summed E-state index contributed by atoms with van der Waals surface area (Å²) in [4.78, 5) is 31.3. The van der Waals surface area contributed by atoms with Gasteiger partial charge in [-0.05, 0) is 102 Å². The van der Waals surface area contributed by atoms with Crippen molar-refractivity contribution in [2.75, 3.05) is 14.1 Å². The Kier molecular flexibility index (Phi) is 9.25. The fraction of sp³-hybridized carbons (Fsp3) is 0.933. The molecular formula is C30H56N2O5Si. The number of likely N-dealkylation sites (N-methyl/N-ethyl adjacent to an activating group) is 2. The quantitative estimate of drug-likeness (QED) is 0.300. The van der Waals surface area contributed by atoms with Gasteiger partial charge >= 0.3 is 11.9 Å². The van der Waals surface area contributed by atoms with Gasteiger partial charge in [-0.3, -0.25) is 19.4 Å². The molecule has 3 aliphatic heterocycles. The number of esters is 2. The van der Waals surface area contributed by atoms with Gasteiger partial charge in [-0.15, -0.1) is 0 Å². The minimum Gasteiger partial charge on any atom is -0.459 e. The van der Waals surface area contributed by atoms with Crippen LogP contribution in [0.15, 0.2) is 0 Å². The Hall–Kier alpha value is -0.963. The molecule has 0 N–H and O–H groups in total. The predicted molar refractivity (Wildman–Crippen MR) is 155 cm³/mol. The highest BCUT2D eigenvalue weighted by atomic mass is 28.2. The number of likely N-dealkylation sites (tertiary alicyclic amines) is 2. The highest BCUT2D eigenvalue weighted by Crippen LogP contribution is 2.50. The Balaban J connectivity index is 2.05. The van der Waals surface area contributed by atoms with Crippen LogP contribution in [-0.4, -0.2) is 78.8 Å². The molecule has 8 heteroatoms. The predicted octanol–water partition coefficient (Wildman–Crippen LogP) is 5.27. The van der Waals surface area contributed by atoms with E-state index in [1.165, 1.54) is 0 Å². The standard InChI is InChI=1S/C30H56N2O5Si/c1-25(2)19-21-29(27(5,6)31(25)9)35-23(33)17-15-13-11-12-14-16-18-24(34)36-30(38-37-29)22-20-26(3,4)32(10)28(30,7)8/h11-22,38H2,1-10H3. The SMILES string of the molecule is CN1C(C)(C)CCC2(O[SiH2]C3(CCC(C)(C)N(C)C3(C)C)OC(=O)CCCCCCCCC(=O)O2)C1(C)C. The van der Waals surface area contributed by atoms with Crippen LogP contribution in [-0.2, 0) is 23.5 Å². The summed E-state index contributed by atoms with van der Waals surface area (Å²) < 4.78 is 20.1. The first kappa shape index (κ1) is 31.6. The van der Waals surface area contributed by atoms with Crippen LogP contribution in [0.4, 0.5) is 0 Å². The van der Waals surface area contributed by atoms with Gasteiger partial charge in [0.1, 0.15) is 5.22 Å². The van der Waals surface area contributed by atoms with E-state index in [9.17, 15) is 9.59 Å². The maximum atomic E-state index is 13.3. The summed E-state index contributed by atoms with van der Waals surface area (Å²) in [5.41, 5.74) is -1.07. The molecule has 2 atom stereocenters. The maximum absolute atomic E-state index is 13.3. The lowest BCUT2D eigenvalue weighted by atomic mass is 9.75. The minimum atomic E-state index is -1.56. The minimum absolute atomic E-state index is 0.0245. The van der Waals surface area contributed by atoms with Gasteiger partial charge < -0.3 is 13.9 Å². The lowest BCUT2D eigenvalue weighted by Gasteiger charge is -2.62. The molecule has 38 heavy (non-hydrogen) atoms. The number of carbonyl (C=O) groups is 2. The number of rotatable bonds is 0. The molecule has 220 valence electrons. The maximum Gasteiger partial charge on any atom is 0.308 e. The molecule has 3 fully saturated rings. The fourth-order valence-electron chi connectivity index (χ4n) is 6.89. The van der Waals surface area contributed by atoms with Crippen molar-refractivity contribution in [1.82, 2.24) is 9.80 Å². The largest absolute Gasteiger partial charge is 0.459 e. The van der Waals surface area contributed by atoms with Crippen molar-refractivity contribution < 1.29 is 23.5 Å². The van der Waals surface area contributed by atoms with E-state index in [1.54, 1.807) is 0 Å². The van der Waals surface area contributed by atoms with Gasteiger partial charge in [0, 0.05) is 30.3 Å². The van der Waals surface area contributed by atoms with Gasteiger partial charge in [0.15, 0.2) is 0 Å². The first-order valence-corrected chi connectivity index (χ1v) is 16.3. The van der Waals surface area contributed by atoms with Gasteiger partial charge in [0.2, 0.25) is 15.6 Å². The normalized spacial score (nSPS) is 36.2. The van der Waals surface area contributed by atoms with Crippen LogP contribution in [0.2, 0.25) is 0 Å². The Labute approximate surface area is 234 Å². The van der Waals surface area contributed by atoms with Crippen molar-refractivity contribution in [3.63, 3.8) is 0 Å². The molecule has 0 amide bonds. The summed E-state index contributed by atoms with van der Waals surface area (Å²) >= 11 is 0. The topological polar surface area (TPSA) is 68.3 Å². The summed E-state index contributed by atoms with van der Waals surface area (Å²) in [7, 11) is 2.69. The van der Waals surface area contributed by atoms with Crippen LogP contribution >= 0.6 is 0 Å². The Bertz CT molecular complexity index is 803. The number of nitrogens with zero attached hydrogens (tertiary/aromatic N) is 2. The molecule has 0 aliphatic carbocycles. The summed E-state index contributed by atoms with van der Waals surface area (Å²) in [6.45, 7) is 17.6. The molecule has 0 aromatic heterocycles. The number of piperidine rings is 2. The molecule has 3 aliphatic rings. The van der Waals surface area contributed by atoms with Crippen LogP contribution in [0, 0.1) is 0 Å². The molecule has 3 heterocycles. The second-order valence-corrected chi connectivity index (χ2v) is 16.2. The average molecular weight is 553 g/mol. The number of carbonyl (C=O) groups excluding carboxylic acids is 2. The Morgan fingerprint density at radius 3 is 1.61 bits per heavy atom. The molecule has 2 spiro atoms. The molecule has 3 rings (SSSR count). The lowest BCUT2D eigenvalue weighted by Crippen LogP contribution is -2.75. The first-order valence-electron chi connectivity index (χ1n) is 15.0. The second-order valence-electron chi connectivity index (χ2n) is 14.5. The van der Waals surface area contributed by atoms with Crippen molar-refractivity contribution in [3.05, 3.63) is 0 Å². The zero-order valence-electron chi connectivity index (χ0n) is 26.1. The molecular weight excluding hydrogens is 496 g/mol. The summed E-state index contributed by atoms with van der Waals surface area (Å²) in [6.07, 6.45) is 9.81. The van der Waals surface area contributed by atoms with Crippen LogP contribution in [0.5, 0.6) is 0 Å². The van der Waals surface area contributed by atoms with Crippen molar-refractivity contribution in [3.8, 4) is 0 Å². The van der Waals surface area contributed by atoms with Crippen LogP contribution in [0.25, 0.3) is 0 Å². The monoisotopic (exact) mass is 552 g/mol. The van der Waals surface area contributed by atoms with Gasteiger partial charge in [0.05, 0.1) is 11.1 Å². The van der Waals surface area contributed by atoms with Gasteiger partial charge in [-0.1, -0.05) is 25.7 Å². The van der Waals surface area contributed by atoms with E-state index < -0.39 is 31.9 Å². The summed E-state index contributed by atoms with van der Waals surface area (Å²) in [5.74, 6) is -1.39. The first-order chi connectivity index (χ1) is 17.4. The highest BCUT2D eigenvalue weighted by Gasteiger charge is 2.62. The van der Waals surface area contributed by atoms with E-state index in [2.05, 4.69) is 79.3 Å². The van der Waals surface area contributed by atoms with Crippen molar-refractivity contribution in [1.29, 1.82) is 0 Å². The fourth-order valence-corrected chi connectivity index (χ4v) is 9.05. The molecule has 0 saturated carbocycles. The average Bonchev–Trinajstić information content (AvgIpc) is 2.82. The van der Waals surface area contributed by atoms with Crippen LogP contribution in [0.1, 0.15) is 132 Å². The van der Waals surface area contributed by atoms with Gasteiger partial charge in [-0.2, -0.15) is 0 Å². The van der Waals surface area contributed by atoms with E-state index in [4.69, 9.17) is 13.9 Å². The molecule has 0 radical (unpaired) electrons. The van der Waals surface area contributed by atoms with Gasteiger partial charge in [0.25, 0.3) is 0 Å². The number of hydrogen-bond acceptors (Lipinski definition) is 7. The molecule has 3 saturated heterocycles. The van der Waals surface area contributed by atoms with Crippen LogP contribution in [0.3, 0.4) is 0 Å². The second kappa shape index (κ2) is 11.1. The zero-order valence-corrected chi connectivity index (χ0v) is 27.5. The van der Waals surface area contributed by atoms with Crippen LogP contribution < -0.4 is 0 Å². The van der Waals surface area contributed by atoms with E-state index in [1.807, 2.05) is 0 Å².